The van der Waals surface area contributed by atoms with Gasteiger partial charge in [0.25, 0.3) is 0 Å². The van der Waals surface area contributed by atoms with E-state index in [0.29, 0.717) is 40.2 Å². The number of rotatable bonds is 7. The summed E-state index contributed by atoms with van der Waals surface area (Å²) in [5, 5.41) is 11.5. The van der Waals surface area contributed by atoms with E-state index >= 15 is 4.39 Å². The summed E-state index contributed by atoms with van der Waals surface area (Å²) in [5.41, 5.74) is 4.23. The van der Waals surface area contributed by atoms with Crippen LogP contribution in [0.3, 0.4) is 0 Å². The van der Waals surface area contributed by atoms with Crippen molar-refractivity contribution in [1.29, 1.82) is 0 Å². The average Bonchev–Trinajstić information content (AvgIpc) is 3.76. The molecule has 3 N–H and O–H groups in total. The van der Waals surface area contributed by atoms with E-state index in [4.69, 9.17) is 4.98 Å². The number of aromatic amines is 1. The van der Waals surface area contributed by atoms with E-state index in [2.05, 4.69) is 30.7 Å². The van der Waals surface area contributed by atoms with Crippen LogP contribution >= 0.6 is 11.3 Å². The van der Waals surface area contributed by atoms with E-state index in [9.17, 15) is 4.39 Å². The molecule has 1 atom stereocenters. The molecule has 1 unspecified atom stereocenters. The summed E-state index contributed by atoms with van der Waals surface area (Å²) in [5.74, 6) is 0.699. The fourth-order valence-electron chi connectivity index (χ4n) is 5.79. The first-order valence-electron chi connectivity index (χ1n) is 13.5. The molecule has 40 heavy (non-hydrogen) atoms. The van der Waals surface area contributed by atoms with Crippen LogP contribution in [0.5, 0.6) is 0 Å². The molecule has 1 saturated carbocycles. The number of aryl methyl sites for hydroxylation is 1. The predicted octanol–water partition coefficient (Wildman–Crippen LogP) is 5.70. The number of H-pyrrole nitrogens is 1. The Morgan fingerprint density at radius 1 is 1.12 bits per heavy atom. The van der Waals surface area contributed by atoms with Crippen molar-refractivity contribution in [2.45, 2.75) is 38.3 Å². The topological polar surface area (TPSA) is 96.3 Å². The SMILES string of the molecule is Cn1nc(-c2nc3c([nH]2)C(c2ccc(F)s2)NC=C3)c2c(F)c(-c3cncc(CNCC4CCCC4)c3)ncc21. The van der Waals surface area contributed by atoms with Crippen LogP contribution in [0.15, 0.2) is 43.0 Å². The zero-order valence-electron chi connectivity index (χ0n) is 21.9. The number of nitrogens with one attached hydrogen (secondary N) is 3. The van der Waals surface area contributed by atoms with E-state index in [1.807, 2.05) is 18.3 Å². The van der Waals surface area contributed by atoms with Crippen LogP contribution in [0.2, 0.25) is 0 Å². The minimum atomic E-state index is -0.474. The number of thiophene rings is 1. The Hall–Kier alpha value is -3.96. The van der Waals surface area contributed by atoms with Crippen molar-refractivity contribution in [3.63, 3.8) is 0 Å². The van der Waals surface area contributed by atoms with Crippen LogP contribution in [0.25, 0.3) is 39.8 Å². The second-order valence-corrected chi connectivity index (χ2v) is 11.5. The number of imidazole rings is 1. The molecule has 8 nitrogen and oxygen atoms in total. The van der Waals surface area contributed by atoms with Crippen molar-refractivity contribution in [2.75, 3.05) is 6.54 Å². The molecule has 1 fully saturated rings. The van der Waals surface area contributed by atoms with Crippen LogP contribution in [-0.2, 0) is 13.6 Å². The largest absolute Gasteiger partial charge is 0.378 e. The molecular formula is C29H28F2N8S. The van der Waals surface area contributed by atoms with Crippen LogP contribution < -0.4 is 10.6 Å². The van der Waals surface area contributed by atoms with Gasteiger partial charge in [-0.25, -0.2) is 9.37 Å². The fourth-order valence-corrected chi connectivity index (χ4v) is 6.59. The molecule has 2 aliphatic rings. The van der Waals surface area contributed by atoms with Gasteiger partial charge < -0.3 is 15.6 Å². The van der Waals surface area contributed by atoms with Gasteiger partial charge in [-0.1, -0.05) is 12.8 Å². The number of pyridine rings is 2. The molecule has 11 heteroatoms. The molecule has 6 heterocycles. The van der Waals surface area contributed by atoms with E-state index in [1.54, 1.807) is 36.4 Å². The minimum Gasteiger partial charge on any atom is -0.378 e. The molecule has 7 rings (SSSR count). The van der Waals surface area contributed by atoms with Gasteiger partial charge in [0.05, 0.1) is 28.5 Å². The molecule has 0 radical (unpaired) electrons. The van der Waals surface area contributed by atoms with Crippen molar-refractivity contribution >= 4 is 28.3 Å². The lowest BCUT2D eigenvalue weighted by molar-refractivity contribution is 0.489. The van der Waals surface area contributed by atoms with Crippen LogP contribution in [0, 0.1) is 16.9 Å². The van der Waals surface area contributed by atoms with Gasteiger partial charge in [-0.05, 0) is 61.3 Å². The predicted molar refractivity (Wildman–Crippen MR) is 151 cm³/mol. The molecule has 0 bridgehead atoms. The number of hydrogen-bond donors (Lipinski definition) is 3. The molecule has 0 aromatic carbocycles. The first kappa shape index (κ1) is 25.0. The Morgan fingerprint density at radius 3 is 2.83 bits per heavy atom. The molecule has 204 valence electrons. The smallest absolute Gasteiger partial charge is 0.176 e. The van der Waals surface area contributed by atoms with E-state index < -0.39 is 5.82 Å². The Kier molecular flexibility index (Phi) is 6.39. The lowest BCUT2D eigenvalue weighted by atomic mass is 10.1. The zero-order chi connectivity index (χ0) is 27.2. The quantitative estimate of drug-likeness (QED) is 0.237. The van der Waals surface area contributed by atoms with Crippen molar-refractivity contribution in [3.05, 3.63) is 75.8 Å². The Balaban J connectivity index is 1.23. The summed E-state index contributed by atoms with van der Waals surface area (Å²) in [7, 11) is 1.76. The third-order valence-corrected chi connectivity index (χ3v) is 8.74. The summed E-state index contributed by atoms with van der Waals surface area (Å²) in [4.78, 5) is 17.7. The molecule has 0 amide bonds. The maximum Gasteiger partial charge on any atom is 0.176 e. The highest BCUT2D eigenvalue weighted by molar-refractivity contribution is 7.10. The standard InChI is InChI=1S/C29H28F2N8S/c1-39-20-15-35-25(18-10-17(13-33-14-18)12-32-11-16-4-2-3-5-16)24(31)23(20)28(38-39)29-36-19-8-9-34-27(26(19)37-29)21-6-7-22(30)40-21/h6-10,13-16,27,32,34H,2-5,11-12H2,1H3,(H,36,37). The van der Waals surface area contributed by atoms with E-state index in [1.165, 1.54) is 31.7 Å². The minimum absolute atomic E-state index is 0.219. The third-order valence-electron chi connectivity index (χ3n) is 7.80. The molecule has 1 aliphatic carbocycles. The number of halogens is 2. The summed E-state index contributed by atoms with van der Waals surface area (Å²) in [6.07, 6.45) is 13.9. The van der Waals surface area contributed by atoms with Crippen LogP contribution in [0.4, 0.5) is 8.78 Å². The van der Waals surface area contributed by atoms with Gasteiger partial charge in [-0.3, -0.25) is 14.6 Å². The van der Waals surface area contributed by atoms with Gasteiger partial charge in [-0.15, -0.1) is 11.3 Å². The lowest BCUT2D eigenvalue weighted by Crippen LogP contribution is -2.20. The molecule has 5 aromatic rings. The highest BCUT2D eigenvalue weighted by atomic mass is 32.1. The van der Waals surface area contributed by atoms with E-state index in [0.717, 1.165) is 39.9 Å². The van der Waals surface area contributed by atoms with Gasteiger partial charge in [-0.2, -0.15) is 9.49 Å². The summed E-state index contributed by atoms with van der Waals surface area (Å²) in [6, 6.07) is 4.85. The maximum absolute atomic E-state index is 16.3. The molecule has 5 aromatic heterocycles. The molecular weight excluding hydrogens is 530 g/mol. The number of fused-ring (bicyclic) bond motifs is 2. The summed E-state index contributed by atoms with van der Waals surface area (Å²) >= 11 is 1.07. The normalized spacial score (nSPS) is 17.0. The highest BCUT2D eigenvalue weighted by Crippen LogP contribution is 2.36. The van der Waals surface area contributed by atoms with E-state index in [-0.39, 0.29) is 16.9 Å². The third kappa shape index (κ3) is 4.48. The van der Waals surface area contributed by atoms with Gasteiger partial charge in [0, 0.05) is 36.4 Å². The van der Waals surface area contributed by atoms with Crippen molar-refractivity contribution in [1.82, 2.24) is 40.3 Å². The zero-order valence-corrected chi connectivity index (χ0v) is 22.7. The van der Waals surface area contributed by atoms with Crippen molar-refractivity contribution in [3.8, 4) is 22.8 Å². The number of hydrogen-bond acceptors (Lipinski definition) is 7. The van der Waals surface area contributed by atoms with Gasteiger partial charge in [0.15, 0.2) is 16.8 Å². The fraction of sp³-hybridized carbons (Fsp3) is 0.310. The molecule has 0 spiro atoms. The maximum atomic E-state index is 16.3. The molecule has 1 aliphatic heterocycles. The average molecular weight is 559 g/mol. The second kappa shape index (κ2) is 10.2. The Bertz CT molecular complexity index is 1730. The Labute approximate surface area is 233 Å². The van der Waals surface area contributed by atoms with Crippen molar-refractivity contribution in [2.24, 2.45) is 13.0 Å². The first-order chi connectivity index (χ1) is 19.5. The Morgan fingerprint density at radius 2 is 2.00 bits per heavy atom. The second-order valence-electron chi connectivity index (χ2n) is 10.5. The summed E-state index contributed by atoms with van der Waals surface area (Å²) < 4.78 is 31.6. The lowest BCUT2D eigenvalue weighted by Gasteiger charge is -2.18. The first-order valence-corrected chi connectivity index (χ1v) is 14.3. The van der Waals surface area contributed by atoms with Gasteiger partial charge >= 0.3 is 0 Å². The number of nitrogens with zero attached hydrogens (tertiary/aromatic N) is 5. The highest BCUT2D eigenvalue weighted by Gasteiger charge is 2.27. The van der Waals surface area contributed by atoms with Crippen LogP contribution in [0.1, 0.15) is 53.6 Å². The van der Waals surface area contributed by atoms with Crippen molar-refractivity contribution < 1.29 is 8.78 Å². The monoisotopic (exact) mass is 558 g/mol. The summed E-state index contributed by atoms with van der Waals surface area (Å²) in [6.45, 7) is 1.66. The molecule has 0 saturated heterocycles. The number of aromatic nitrogens is 6. The van der Waals surface area contributed by atoms with Gasteiger partial charge in [0.2, 0.25) is 0 Å². The van der Waals surface area contributed by atoms with Crippen LogP contribution in [-0.4, -0.2) is 36.3 Å². The van der Waals surface area contributed by atoms with Gasteiger partial charge in [0.1, 0.15) is 17.4 Å².